The summed E-state index contributed by atoms with van der Waals surface area (Å²) < 4.78 is 16.6. The minimum absolute atomic E-state index is 0.161. The molecule has 26 heavy (non-hydrogen) atoms. The zero-order valence-electron chi connectivity index (χ0n) is 15.7. The molecule has 2 rings (SSSR count). The molecule has 0 bridgehead atoms. The highest BCUT2D eigenvalue weighted by Crippen LogP contribution is 2.38. The Labute approximate surface area is 162 Å². The van der Waals surface area contributed by atoms with Crippen LogP contribution in [0.1, 0.15) is 37.5 Å². The molecule has 1 heterocycles. The van der Waals surface area contributed by atoms with Gasteiger partial charge in [-0.3, -0.25) is 4.79 Å². The van der Waals surface area contributed by atoms with Crippen molar-refractivity contribution in [2.75, 3.05) is 20.3 Å². The van der Waals surface area contributed by atoms with Gasteiger partial charge in [0.2, 0.25) is 0 Å². The number of rotatable bonds is 6. The lowest BCUT2D eigenvalue weighted by Crippen LogP contribution is -2.46. The predicted molar refractivity (Wildman–Crippen MR) is 102 cm³/mol. The van der Waals surface area contributed by atoms with Gasteiger partial charge in [0.1, 0.15) is 5.54 Å². The molecule has 0 fully saturated rings. The molecule has 1 unspecified atom stereocenters. The van der Waals surface area contributed by atoms with Gasteiger partial charge in [-0.2, -0.15) is 0 Å². The quantitative estimate of drug-likeness (QED) is 0.702. The van der Waals surface area contributed by atoms with Gasteiger partial charge in [-0.05, 0) is 56.0 Å². The van der Waals surface area contributed by atoms with Crippen LogP contribution in [-0.4, -0.2) is 37.9 Å². The first-order valence-electron chi connectivity index (χ1n) is 8.47. The highest BCUT2D eigenvalue weighted by Gasteiger charge is 2.46. The average Bonchev–Trinajstić information content (AvgIpc) is 2.78. The summed E-state index contributed by atoms with van der Waals surface area (Å²) >= 11 is 3.49. The van der Waals surface area contributed by atoms with Crippen molar-refractivity contribution in [3.05, 3.63) is 39.1 Å². The molecule has 0 saturated carbocycles. The molecule has 1 aliphatic heterocycles. The highest BCUT2D eigenvalue weighted by atomic mass is 79.9. The third-order valence-corrected chi connectivity index (χ3v) is 4.70. The van der Waals surface area contributed by atoms with Gasteiger partial charge in [0.05, 0.1) is 18.8 Å². The summed E-state index contributed by atoms with van der Waals surface area (Å²) in [5.74, 6) is -0.0770. The summed E-state index contributed by atoms with van der Waals surface area (Å²) in [4.78, 5) is 24.9. The van der Waals surface area contributed by atoms with E-state index in [1.165, 1.54) is 7.11 Å². The smallest absolute Gasteiger partial charge is 0.434 e. The number of benzene rings is 1. The zero-order chi connectivity index (χ0) is 19.5. The Morgan fingerprint density at radius 3 is 2.58 bits per heavy atom. The first kappa shape index (κ1) is 20.5. The number of hydrogen-bond acceptors (Lipinski definition) is 5. The Balaban J connectivity index is 2.70. The van der Waals surface area contributed by atoms with Crippen molar-refractivity contribution < 1.29 is 23.8 Å². The van der Waals surface area contributed by atoms with Crippen molar-refractivity contribution in [3.63, 3.8) is 0 Å². The molecule has 1 amide bonds. The molecular weight excluding hydrogens is 402 g/mol. The van der Waals surface area contributed by atoms with Crippen molar-refractivity contribution in [2.45, 2.75) is 39.7 Å². The normalized spacial score (nSPS) is 19.5. The molecule has 1 aliphatic rings. The molecule has 6 nitrogen and oxygen atoms in total. The SMILES string of the molecule is CCOC(=O)OC1=C(c2c(C)cc(Br)cc2CC)C(=O)NC1(C)COC. The summed E-state index contributed by atoms with van der Waals surface area (Å²) in [7, 11) is 1.53. The van der Waals surface area contributed by atoms with Gasteiger partial charge in [-0.15, -0.1) is 0 Å². The van der Waals surface area contributed by atoms with E-state index >= 15 is 0 Å². The summed E-state index contributed by atoms with van der Waals surface area (Å²) in [5.41, 5.74) is 2.05. The van der Waals surface area contributed by atoms with E-state index in [-0.39, 0.29) is 24.9 Å². The number of methoxy groups -OCH3 is 1. The van der Waals surface area contributed by atoms with E-state index in [0.717, 1.165) is 27.6 Å². The standard InChI is InChI=1S/C19H24BrNO5/c1-6-12-9-13(20)8-11(3)14(12)15-16(26-18(23)25-7-2)19(4,10-24-5)21-17(15)22/h8-9H,6-7,10H2,1-5H3,(H,21,22). The Morgan fingerprint density at radius 1 is 1.31 bits per heavy atom. The number of hydrogen-bond donors (Lipinski definition) is 1. The molecule has 0 aromatic heterocycles. The highest BCUT2D eigenvalue weighted by molar-refractivity contribution is 9.10. The van der Waals surface area contributed by atoms with Gasteiger partial charge in [-0.25, -0.2) is 4.79 Å². The molecular formula is C19H24BrNO5. The van der Waals surface area contributed by atoms with Crippen LogP contribution in [0.5, 0.6) is 0 Å². The lowest BCUT2D eigenvalue weighted by atomic mass is 9.91. The van der Waals surface area contributed by atoms with E-state index in [0.29, 0.717) is 5.57 Å². The third kappa shape index (κ3) is 3.94. The number of aryl methyl sites for hydroxylation is 2. The summed E-state index contributed by atoms with van der Waals surface area (Å²) in [5, 5.41) is 2.89. The van der Waals surface area contributed by atoms with E-state index in [1.54, 1.807) is 13.8 Å². The van der Waals surface area contributed by atoms with E-state index in [4.69, 9.17) is 14.2 Å². The minimum Gasteiger partial charge on any atom is -0.434 e. The fraction of sp³-hybridized carbons (Fsp3) is 0.474. The van der Waals surface area contributed by atoms with Crippen molar-refractivity contribution in [1.29, 1.82) is 0 Å². The lowest BCUT2D eigenvalue weighted by Gasteiger charge is -2.26. The monoisotopic (exact) mass is 425 g/mol. The van der Waals surface area contributed by atoms with E-state index in [1.807, 2.05) is 26.0 Å². The first-order valence-corrected chi connectivity index (χ1v) is 9.26. The van der Waals surface area contributed by atoms with Crippen LogP contribution in [0.15, 0.2) is 22.4 Å². The maximum absolute atomic E-state index is 12.9. The second kappa shape index (κ2) is 8.22. The Morgan fingerprint density at radius 2 is 2.00 bits per heavy atom. The van der Waals surface area contributed by atoms with Crippen molar-refractivity contribution in [2.24, 2.45) is 0 Å². The van der Waals surface area contributed by atoms with Crippen molar-refractivity contribution in [1.82, 2.24) is 5.32 Å². The van der Waals surface area contributed by atoms with E-state index < -0.39 is 11.7 Å². The summed E-state index contributed by atoms with van der Waals surface area (Å²) in [6.45, 7) is 7.73. The molecule has 0 radical (unpaired) electrons. The fourth-order valence-corrected chi connectivity index (χ4v) is 3.83. The van der Waals surface area contributed by atoms with Crippen LogP contribution in [-0.2, 0) is 25.4 Å². The van der Waals surface area contributed by atoms with Crippen LogP contribution in [0.25, 0.3) is 5.57 Å². The number of ether oxygens (including phenoxy) is 3. The van der Waals surface area contributed by atoms with Crippen LogP contribution in [0.3, 0.4) is 0 Å². The molecule has 1 aromatic rings. The van der Waals surface area contributed by atoms with E-state index in [2.05, 4.69) is 21.2 Å². The number of amides is 1. The molecule has 0 spiro atoms. The predicted octanol–water partition coefficient (Wildman–Crippen LogP) is 3.74. The minimum atomic E-state index is -0.960. The second-order valence-electron chi connectivity index (χ2n) is 6.32. The van der Waals surface area contributed by atoms with Crippen LogP contribution in [0.2, 0.25) is 0 Å². The van der Waals surface area contributed by atoms with Crippen LogP contribution in [0.4, 0.5) is 4.79 Å². The summed E-state index contributed by atoms with van der Waals surface area (Å²) in [6, 6.07) is 3.90. The molecule has 0 aliphatic carbocycles. The second-order valence-corrected chi connectivity index (χ2v) is 7.23. The van der Waals surface area contributed by atoms with Crippen molar-refractivity contribution in [3.8, 4) is 0 Å². The number of carbonyl (C=O) groups is 2. The van der Waals surface area contributed by atoms with Gasteiger partial charge in [0.15, 0.2) is 5.76 Å². The Bertz CT molecular complexity index is 759. The topological polar surface area (TPSA) is 73.9 Å². The Kier molecular flexibility index (Phi) is 6.47. The maximum Gasteiger partial charge on any atom is 0.513 e. The lowest BCUT2D eigenvalue weighted by molar-refractivity contribution is -0.116. The number of halogens is 1. The largest absolute Gasteiger partial charge is 0.513 e. The van der Waals surface area contributed by atoms with Gasteiger partial charge in [0.25, 0.3) is 5.91 Å². The molecule has 142 valence electrons. The number of nitrogens with one attached hydrogen (secondary N) is 1. The van der Waals surface area contributed by atoms with Crippen LogP contribution >= 0.6 is 15.9 Å². The average molecular weight is 426 g/mol. The molecule has 1 N–H and O–H groups in total. The zero-order valence-corrected chi connectivity index (χ0v) is 17.3. The van der Waals surface area contributed by atoms with Crippen LogP contribution < -0.4 is 5.32 Å². The van der Waals surface area contributed by atoms with Gasteiger partial charge in [0, 0.05) is 11.6 Å². The molecule has 7 heteroatoms. The third-order valence-electron chi connectivity index (χ3n) is 4.24. The van der Waals surface area contributed by atoms with Crippen molar-refractivity contribution >= 4 is 33.6 Å². The molecule has 1 atom stereocenters. The Hall–Kier alpha value is -1.86. The van der Waals surface area contributed by atoms with E-state index in [9.17, 15) is 9.59 Å². The van der Waals surface area contributed by atoms with Gasteiger partial charge >= 0.3 is 6.16 Å². The summed E-state index contributed by atoms with van der Waals surface area (Å²) in [6.07, 6.45) is -0.119. The van der Waals surface area contributed by atoms with Gasteiger partial charge in [-0.1, -0.05) is 22.9 Å². The van der Waals surface area contributed by atoms with Crippen LogP contribution in [0, 0.1) is 6.92 Å². The van der Waals surface area contributed by atoms with Gasteiger partial charge < -0.3 is 19.5 Å². The molecule has 1 aromatic carbocycles. The number of carbonyl (C=O) groups excluding carboxylic acids is 2. The molecule has 0 saturated heterocycles. The maximum atomic E-state index is 12.9. The first-order chi connectivity index (χ1) is 12.3. The fourth-order valence-electron chi connectivity index (χ4n) is 3.21.